The van der Waals surface area contributed by atoms with Crippen molar-refractivity contribution in [2.24, 2.45) is 11.3 Å². The van der Waals surface area contributed by atoms with E-state index in [-0.39, 0.29) is 5.41 Å². The number of hydrogen-bond donors (Lipinski definition) is 0. The van der Waals surface area contributed by atoms with E-state index in [0.29, 0.717) is 18.2 Å². The van der Waals surface area contributed by atoms with Crippen LogP contribution in [0.25, 0.3) is 0 Å². The molecule has 2 fully saturated rings. The molecule has 0 aliphatic carbocycles. The normalized spacial score (nSPS) is 22.5. The lowest BCUT2D eigenvalue weighted by Crippen LogP contribution is -2.50. The van der Waals surface area contributed by atoms with Crippen molar-refractivity contribution in [3.8, 4) is 0 Å². The molecule has 0 saturated carbocycles. The van der Waals surface area contributed by atoms with Crippen LogP contribution in [0.2, 0.25) is 0 Å². The van der Waals surface area contributed by atoms with Crippen LogP contribution in [0.4, 0.5) is 5.82 Å². The monoisotopic (exact) mass is 358 g/mol. The summed E-state index contributed by atoms with van der Waals surface area (Å²) in [6, 6.07) is 6.12. The number of anilines is 1. The van der Waals surface area contributed by atoms with Gasteiger partial charge < -0.3 is 9.80 Å². The SMILES string of the molecule is CC(C)(C)CC(=O)N1CCC[C@@H](CN2CCN(c3ccccn3)CC2)C1. The molecule has 1 aromatic rings. The van der Waals surface area contributed by atoms with Gasteiger partial charge in [0.1, 0.15) is 5.82 Å². The zero-order valence-electron chi connectivity index (χ0n) is 16.7. The molecule has 26 heavy (non-hydrogen) atoms. The molecule has 3 rings (SSSR count). The standard InChI is InChI=1S/C21H34N4O/c1-21(2,3)15-20(26)25-10-6-7-18(17-25)16-23-11-13-24(14-12-23)19-8-4-5-9-22-19/h4-5,8-9,18H,6-7,10-17H2,1-3H3/t18-/m0/s1. The van der Waals surface area contributed by atoms with Crippen LogP contribution >= 0.6 is 0 Å². The first-order valence-electron chi connectivity index (χ1n) is 10.1. The van der Waals surface area contributed by atoms with Gasteiger partial charge in [0.05, 0.1) is 0 Å². The summed E-state index contributed by atoms with van der Waals surface area (Å²) >= 11 is 0. The van der Waals surface area contributed by atoms with Crippen LogP contribution in [0.15, 0.2) is 24.4 Å². The Morgan fingerprint density at radius 1 is 1.15 bits per heavy atom. The number of nitrogens with zero attached hydrogens (tertiary/aromatic N) is 4. The fourth-order valence-corrected chi connectivity index (χ4v) is 4.07. The number of carbonyl (C=O) groups excluding carboxylic acids is 1. The first-order valence-corrected chi connectivity index (χ1v) is 10.1. The highest BCUT2D eigenvalue weighted by Gasteiger charge is 2.28. The van der Waals surface area contributed by atoms with Crippen LogP contribution in [-0.4, -0.2) is 66.5 Å². The minimum absolute atomic E-state index is 0.0752. The van der Waals surface area contributed by atoms with Crippen molar-refractivity contribution in [1.29, 1.82) is 0 Å². The predicted octanol–water partition coefficient (Wildman–Crippen LogP) is 2.88. The van der Waals surface area contributed by atoms with E-state index < -0.39 is 0 Å². The molecular formula is C21H34N4O. The summed E-state index contributed by atoms with van der Waals surface area (Å²) in [5, 5.41) is 0. The molecule has 1 amide bonds. The van der Waals surface area contributed by atoms with Gasteiger partial charge >= 0.3 is 0 Å². The largest absolute Gasteiger partial charge is 0.354 e. The minimum atomic E-state index is 0.0752. The van der Waals surface area contributed by atoms with Crippen LogP contribution in [-0.2, 0) is 4.79 Å². The van der Waals surface area contributed by atoms with Gasteiger partial charge in [-0.1, -0.05) is 26.8 Å². The average molecular weight is 359 g/mol. The molecule has 3 heterocycles. The number of piperazine rings is 1. The molecule has 2 aliphatic heterocycles. The van der Waals surface area contributed by atoms with Gasteiger partial charge in [-0.3, -0.25) is 9.69 Å². The van der Waals surface area contributed by atoms with Gasteiger partial charge in [-0.15, -0.1) is 0 Å². The number of carbonyl (C=O) groups is 1. The smallest absolute Gasteiger partial charge is 0.223 e. The zero-order chi connectivity index (χ0) is 18.6. The third-order valence-corrected chi connectivity index (χ3v) is 5.42. The van der Waals surface area contributed by atoms with Crippen LogP contribution < -0.4 is 4.90 Å². The number of piperidine rings is 1. The minimum Gasteiger partial charge on any atom is -0.354 e. The van der Waals surface area contributed by atoms with Crippen molar-refractivity contribution in [2.75, 3.05) is 50.7 Å². The van der Waals surface area contributed by atoms with Gasteiger partial charge in [0.25, 0.3) is 0 Å². The van der Waals surface area contributed by atoms with Crippen LogP contribution in [0.3, 0.4) is 0 Å². The van der Waals surface area contributed by atoms with E-state index in [2.05, 4.69) is 52.6 Å². The molecule has 5 heteroatoms. The van der Waals surface area contributed by atoms with Crippen molar-refractivity contribution in [2.45, 2.75) is 40.0 Å². The second-order valence-electron chi connectivity index (χ2n) is 9.06. The Labute approximate surface area is 158 Å². The summed E-state index contributed by atoms with van der Waals surface area (Å²) in [4.78, 5) is 24.1. The molecule has 1 atom stereocenters. The zero-order valence-corrected chi connectivity index (χ0v) is 16.7. The number of pyridine rings is 1. The molecule has 1 aromatic heterocycles. The summed E-state index contributed by atoms with van der Waals surface area (Å²) in [6.45, 7) is 13.7. The second-order valence-corrected chi connectivity index (χ2v) is 9.06. The van der Waals surface area contributed by atoms with E-state index in [0.717, 1.165) is 58.1 Å². The second kappa shape index (κ2) is 8.38. The van der Waals surface area contributed by atoms with Crippen LogP contribution in [0.1, 0.15) is 40.0 Å². The maximum Gasteiger partial charge on any atom is 0.223 e. The molecule has 5 nitrogen and oxygen atoms in total. The van der Waals surface area contributed by atoms with E-state index >= 15 is 0 Å². The molecular weight excluding hydrogens is 324 g/mol. The van der Waals surface area contributed by atoms with Crippen molar-refractivity contribution in [3.05, 3.63) is 24.4 Å². The highest BCUT2D eigenvalue weighted by molar-refractivity contribution is 5.76. The fraction of sp³-hybridized carbons (Fsp3) is 0.714. The number of hydrogen-bond acceptors (Lipinski definition) is 4. The molecule has 0 N–H and O–H groups in total. The van der Waals surface area contributed by atoms with Crippen molar-refractivity contribution in [1.82, 2.24) is 14.8 Å². The summed E-state index contributed by atoms with van der Waals surface area (Å²) < 4.78 is 0. The van der Waals surface area contributed by atoms with Gasteiger partial charge in [0.15, 0.2) is 0 Å². The van der Waals surface area contributed by atoms with Gasteiger partial charge in [-0.05, 0) is 36.3 Å². The van der Waals surface area contributed by atoms with E-state index in [1.807, 2.05) is 12.3 Å². The number of likely N-dealkylation sites (tertiary alicyclic amines) is 1. The van der Waals surface area contributed by atoms with Gasteiger partial charge in [-0.2, -0.15) is 0 Å². The number of amides is 1. The molecule has 0 bridgehead atoms. The number of aromatic nitrogens is 1. The Morgan fingerprint density at radius 3 is 2.58 bits per heavy atom. The summed E-state index contributed by atoms with van der Waals surface area (Å²) in [6.07, 6.45) is 4.92. The Hall–Kier alpha value is -1.62. The van der Waals surface area contributed by atoms with Gasteiger partial charge in [-0.25, -0.2) is 4.98 Å². The number of rotatable bonds is 4. The highest BCUT2D eigenvalue weighted by atomic mass is 16.2. The predicted molar refractivity (Wildman–Crippen MR) is 106 cm³/mol. The Balaban J connectivity index is 1.45. The maximum absolute atomic E-state index is 12.6. The first kappa shape index (κ1) is 19.2. The molecule has 0 radical (unpaired) electrons. The lowest BCUT2D eigenvalue weighted by atomic mass is 9.90. The first-order chi connectivity index (χ1) is 12.4. The Bertz CT molecular complexity index is 575. The van der Waals surface area contributed by atoms with Crippen molar-refractivity contribution < 1.29 is 4.79 Å². The summed E-state index contributed by atoms with van der Waals surface area (Å²) in [5.41, 5.74) is 0.0752. The highest BCUT2D eigenvalue weighted by Crippen LogP contribution is 2.24. The van der Waals surface area contributed by atoms with Crippen LogP contribution in [0.5, 0.6) is 0 Å². The maximum atomic E-state index is 12.6. The quantitative estimate of drug-likeness (QED) is 0.830. The third-order valence-electron chi connectivity index (χ3n) is 5.42. The Kier molecular flexibility index (Phi) is 6.17. The Morgan fingerprint density at radius 2 is 1.92 bits per heavy atom. The topological polar surface area (TPSA) is 39.7 Å². The van der Waals surface area contributed by atoms with E-state index in [9.17, 15) is 4.79 Å². The molecule has 144 valence electrons. The summed E-state index contributed by atoms with van der Waals surface area (Å²) in [7, 11) is 0. The van der Waals surface area contributed by atoms with Crippen LogP contribution in [0, 0.1) is 11.3 Å². The lowest BCUT2D eigenvalue weighted by molar-refractivity contribution is -0.135. The van der Waals surface area contributed by atoms with E-state index in [4.69, 9.17) is 0 Å². The van der Waals surface area contributed by atoms with Crippen molar-refractivity contribution in [3.63, 3.8) is 0 Å². The van der Waals surface area contributed by atoms with E-state index in [1.165, 1.54) is 6.42 Å². The summed E-state index contributed by atoms with van der Waals surface area (Å²) in [5.74, 6) is 2.04. The lowest BCUT2D eigenvalue weighted by Gasteiger charge is -2.40. The van der Waals surface area contributed by atoms with Gasteiger partial charge in [0, 0.05) is 58.4 Å². The molecule has 2 aliphatic rings. The fourth-order valence-electron chi connectivity index (χ4n) is 4.07. The van der Waals surface area contributed by atoms with E-state index in [1.54, 1.807) is 0 Å². The molecule has 0 spiro atoms. The molecule has 2 saturated heterocycles. The average Bonchev–Trinajstić information content (AvgIpc) is 2.62. The van der Waals surface area contributed by atoms with Crippen molar-refractivity contribution >= 4 is 11.7 Å². The third kappa shape index (κ3) is 5.44. The van der Waals surface area contributed by atoms with Gasteiger partial charge in [0.2, 0.25) is 5.91 Å². The molecule has 0 unspecified atom stereocenters. The molecule has 0 aromatic carbocycles.